The molecular formula is C14H12ClN3O3S. The van der Waals surface area contributed by atoms with Crippen LogP contribution in [0.1, 0.15) is 22.1 Å². The quantitative estimate of drug-likeness (QED) is 0.778. The van der Waals surface area contributed by atoms with E-state index in [0.29, 0.717) is 5.69 Å². The lowest BCUT2D eigenvalue weighted by atomic mass is 10.1. The average molecular weight is 338 g/mol. The van der Waals surface area contributed by atoms with E-state index in [4.69, 9.17) is 16.7 Å². The standard InChI is InChI=1S/C14H12ClN3O3S/c15-10-7-11-9(6-12(10)22(16,20)21)14(19)18-13(17-11)8-4-2-1-3-5-8/h1-7,13,17H,(H,18,19)(H2,16,20,21)/t13-/m0/s1. The minimum absolute atomic E-state index is 0.0322. The van der Waals surface area contributed by atoms with Crippen LogP contribution in [-0.4, -0.2) is 14.3 Å². The highest BCUT2D eigenvalue weighted by atomic mass is 35.5. The highest BCUT2D eigenvalue weighted by Crippen LogP contribution is 2.32. The third kappa shape index (κ3) is 2.66. The Bertz CT molecular complexity index is 853. The molecular weight excluding hydrogens is 326 g/mol. The van der Waals surface area contributed by atoms with Gasteiger partial charge in [-0.25, -0.2) is 13.6 Å². The number of rotatable bonds is 2. The number of hydrogen-bond acceptors (Lipinski definition) is 4. The van der Waals surface area contributed by atoms with E-state index in [0.717, 1.165) is 5.56 Å². The Morgan fingerprint density at radius 2 is 1.77 bits per heavy atom. The second-order valence-electron chi connectivity index (χ2n) is 4.83. The number of nitrogens with one attached hydrogen (secondary N) is 2. The van der Waals surface area contributed by atoms with Gasteiger partial charge in [0.05, 0.1) is 16.3 Å². The van der Waals surface area contributed by atoms with Gasteiger partial charge in [-0.15, -0.1) is 0 Å². The normalized spacial score (nSPS) is 17.4. The predicted molar refractivity (Wildman–Crippen MR) is 83.1 cm³/mol. The summed E-state index contributed by atoms with van der Waals surface area (Å²) in [6.45, 7) is 0. The molecule has 0 saturated carbocycles. The third-order valence-electron chi connectivity index (χ3n) is 3.33. The van der Waals surface area contributed by atoms with E-state index < -0.39 is 22.1 Å². The molecule has 1 aliphatic heterocycles. The van der Waals surface area contributed by atoms with Crippen LogP contribution in [0.4, 0.5) is 5.69 Å². The van der Waals surface area contributed by atoms with Gasteiger partial charge in [-0.2, -0.15) is 0 Å². The van der Waals surface area contributed by atoms with E-state index >= 15 is 0 Å². The molecule has 8 heteroatoms. The Hall–Kier alpha value is -2.09. The van der Waals surface area contributed by atoms with Crippen molar-refractivity contribution in [3.05, 3.63) is 58.6 Å². The molecule has 0 saturated heterocycles. The molecule has 0 aliphatic carbocycles. The molecule has 0 unspecified atom stereocenters. The van der Waals surface area contributed by atoms with Crippen molar-refractivity contribution >= 4 is 33.2 Å². The van der Waals surface area contributed by atoms with Crippen LogP contribution < -0.4 is 15.8 Å². The van der Waals surface area contributed by atoms with E-state index in [1.54, 1.807) is 0 Å². The zero-order valence-corrected chi connectivity index (χ0v) is 12.8. The number of benzene rings is 2. The van der Waals surface area contributed by atoms with Crippen LogP contribution in [0.2, 0.25) is 5.02 Å². The molecule has 4 N–H and O–H groups in total. The largest absolute Gasteiger partial charge is 0.361 e. The van der Waals surface area contributed by atoms with Crippen LogP contribution >= 0.6 is 11.6 Å². The van der Waals surface area contributed by atoms with Gasteiger partial charge in [0.15, 0.2) is 0 Å². The number of amides is 1. The second kappa shape index (κ2) is 5.28. The Kier molecular flexibility index (Phi) is 3.56. The van der Waals surface area contributed by atoms with Gasteiger partial charge in [0.1, 0.15) is 11.1 Å². The maximum Gasteiger partial charge on any atom is 0.255 e. The Labute approximate surface area is 132 Å². The molecule has 1 heterocycles. The molecule has 1 atom stereocenters. The zero-order chi connectivity index (χ0) is 15.9. The van der Waals surface area contributed by atoms with Gasteiger partial charge in [-0.05, 0) is 17.7 Å². The van der Waals surface area contributed by atoms with Gasteiger partial charge in [-0.1, -0.05) is 41.9 Å². The highest BCUT2D eigenvalue weighted by Gasteiger charge is 2.27. The van der Waals surface area contributed by atoms with Gasteiger partial charge in [0.25, 0.3) is 5.91 Å². The SMILES string of the molecule is NS(=O)(=O)c1cc2c(cc1Cl)N[C@H](c1ccccc1)NC2=O. The van der Waals surface area contributed by atoms with Crippen LogP contribution in [0.3, 0.4) is 0 Å². The van der Waals surface area contributed by atoms with Gasteiger partial charge >= 0.3 is 0 Å². The first-order valence-corrected chi connectivity index (χ1v) is 8.27. The molecule has 6 nitrogen and oxygen atoms in total. The van der Waals surface area contributed by atoms with E-state index in [2.05, 4.69) is 10.6 Å². The summed E-state index contributed by atoms with van der Waals surface area (Å²) in [5, 5.41) is 10.9. The minimum Gasteiger partial charge on any atom is -0.361 e. The topological polar surface area (TPSA) is 101 Å². The van der Waals surface area contributed by atoms with Crippen LogP contribution in [-0.2, 0) is 10.0 Å². The fourth-order valence-corrected chi connectivity index (χ4v) is 3.39. The molecule has 1 aliphatic rings. The number of nitrogens with two attached hydrogens (primary N) is 1. The number of fused-ring (bicyclic) bond motifs is 1. The summed E-state index contributed by atoms with van der Waals surface area (Å²) in [6.07, 6.45) is -0.419. The van der Waals surface area contributed by atoms with E-state index in [1.165, 1.54) is 12.1 Å². The summed E-state index contributed by atoms with van der Waals surface area (Å²) >= 11 is 5.96. The van der Waals surface area contributed by atoms with Crippen molar-refractivity contribution in [2.75, 3.05) is 5.32 Å². The van der Waals surface area contributed by atoms with E-state index in [1.807, 2.05) is 30.3 Å². The van der Waals surface area contributed by atoms with Gasteiger partial charge in [0.2, 0.25) is 10.0 Å². The maximum atomic E-state index is 12.2. The van der Waals surface area contributed by atoms with E-state index in [9.17, 15) is 13.2 Å². The Morgan fingerprint density at radius 3 is 2.41 bits per heavy atom. The number of carbonyl (C=O) groups is 1. The highest BCUT2D eigenvalue weighted by molar-refractivity contribution is 7.89. The van der Waals surface area contributed by atoms with E-state index in [-0.39, 0.29) is 15.5 Å². The molecule has 0 radical (unpaired) electrons. The lowest BCUT2D eigenvalue weighted by Gasteiger charge is -2.28. The lowest BCUT2D eigenvalue weighted by molar-refractivity contribution is 0.0935. The molecule has 3 rings (SSSR count). The lowest BCUT2D eigenvalue weighted by Crippen LogP contribution is -2.38. The summed E-state index contributed by atoms with van der Waals surface area (Å²) in [6, 6.07) is 11.9. The fourth-order valence-electron chi connectivity index (χ4n) is 2.29. The monoisotopic (exact) mass is 337 g/mol. The molecule has 22 heavy (non-hydrogen) atoms. The maximum absolute atomic E-state index is 12.2. The molecule has 0 bridgehead atoms. The van der Waals surface area contributed by atoms with Crippen molar-refractivity contribution in [3.63, 3.8) is 0 Å². The van der Waals surface area contributed by atoms with Gasteiger partial charge in [0, 0.05) is 0 Å². The van der Waals surface area contributed by atoms with Crippen LogP contribution in [0, 0.1) is 0 Å². The third-order valence-corrected chi connectivity index (χ3v) is 4.71. The fraction of sp³-hybridized carbons (Fsp3) is 0.0714. The summed E-state index contributed by atoms with van der Waals surface area (Å²) < 4.78 is 22.9. The zero-order valence-electron chi connectivity index (χ0n) is 11.2. The number of carbonyl (C=O) groups excluding carboxylic acids is 1. The summed E-state index contributed by atoms with van der Waals surface area (Å²) in [5.74, 6) is -0.399. The van der Waals surface area contributed by atoms with Crippen LogP contribution in [0.15, 0.2) is 47.4 Å². The number of sulfonamides is 1. The average Bonchev–Trinajstić information content (AvgIpc) is 2.46. The smallest absolute Gasteiger partial charge is 0.255 e. The Morgan fingerprint density at radius 1 is 1.09 bits per heavy atom. The van der Waals surface area contributed by atoms with Crippen molar-refractivity contribution in [1.82, 2.24) is 5.32 Å². The molecule has 0 fully saturated rings. The Balaban J connectivity index is 2.05. The molecule has 2 aromatic rings. The number of primary sulfonamides is 1. The summed E-state index contributed by atoms with van der Waals surface area (Å²) in [5.41, 5.74) is 1.50. The molecule has 0 aromatic heterocycles. The van der Waals surface area contributed by atoms with Gasteiger partial charge in [-0.3, -0.25) is 4.79 Å². The molecule has 1 amide bonds. The van der Waals surface area contributed by atoms with Crippen molar-refractivity contribution in [3.8, 4) is 0 Å². The number of anilines is 1. The predicted octanol–water partition coefficient (Wildman–Crippen LogP) is 1.84. The first kappa shape index (κ1) is 14.8. The van der Waals surface area contributed by atoms with Crippen molar-refractivity contribution in [2.45, 2.75) is 11.1 Å². The first-order valence-electron chi connectivity index (χ1n) is 6.35. The van der Waals surface area contributed by atoms with Crippen molar-refractivity contribution in [1.29, 1.82) is 0 Å². The molecule has 114 valence electrons. The number of hydrogen-bond donors (Lipinski definition) is 3. The minimum atomic E-state index is -4.00. The first-order chi connectivity index (χ1) is 10.4. The van der Waals surface area contributed by atoms with Crippen molar-refractivity contribution in [2.24, 2.45) is 5.14 Å². The van der Waals surface area contributed by atoms with Crippen LogP contribution in [0.25, 0.3) is 0 Å². The molecule has 2 aromatic carbocycles. The number of halogens is 1. The summed E-state index contributed by atoms with van der Waals surface area (Å²) in [4.78, 5) is 12.0. The summed E-state index contributed by atoms with van der Waals surface area (Å²) in [7, 11) is -4.00. The van der Waals surface area contributed by atoms with Gasteiger partial charge < -0.3 is 10.6 Å². The second-order valence-corrected chi connectivity index (χ2v) is 6.77. The molecule has 0 spiro atoms. The van der Waals surface area contributed by atoms with Crippen molar-refractivity contribution < 1.29 is 13.2 Å². The van der Waals surface area contributed by atoms with Crippen LogP contribution in [0.5, 0.6) is 0 Å².